The Balaban J connectivity index is 0. The van der Waals surface area contributed by atoms with Gasteiger partial charge in [-0.25, -0.2) is 0 Å². The number of rotatable bonds is 0. The zero-order valence-corrected chi connectivity index (χ0v) is 5.37. The van der Waals surface area contributed by atoms with Crippen LogP contribution in [0.4, 0.5) is 0 Å². The van der Waals surface area contributed by atoms with Crippen molar-refractivity contribution in [3.05, 3.63) is 0 Å². The summed E-state index contributed by atoms with van der Waals surface area (Å²) in [5, 5.41) is 0. The van der Waals surface area contributed by atoms with E-state index in [2.05, 4.69) is 0 Å². The molecule has 0 atom stereocenters. The van der Waals surface area contributed by atoms with Gasteiger partial charge in [-0.15, -0.1) is 0 Å². The average molecular weight is 296 g/mol. The van der Waals surface area contributed by atoms with E-state index < -0.39 is 14.8 Å². The second kappa shape index (κ2) is 5.61. The van der Waals surface area contributed by atoms with Crippen molar-refractivity contribution in [1.29, 1.82) is 0 Å². The van der Waals surface area contributed by atoms with E-state index in [1.165, 1.54) is 0 Å². The Morgan fingerprint density at radius 3 is 1.40 bits per heavy atom. The zero-order chi connectivity index (χ0) is 3.58. The van der Waals surface area contributed by atoms with Crippen LogP contribution in [0.2, 0.25) is 0 Å². The molecular weight excluding hydrogens is 295 g/mol. The normalized spacial score (nSPS) is 7.20. The van der Waals surface area contributed by atoms with Gasteiger partial charge in [-0.05, 0) is 4.20 Å². The molecule has 0 rings (SSSR count). The molecule has 0 aliphatic rings. The van der Waals surface area contributed by atoms with Crippen LogP contribution in [0.3, 0.4) is 0 Å². The summed E-state index contributed by atoms with van der Waals surface area (Å²) in [4.78, 5) is 0. The summed E-state index contributed by atoms with van der Waals surface area (Å²) in [6.45, 7) is 0. The predicted octanol–water partition coefficient (Wildman–Crippen LogP) is -2.94. The van der Waals surface area contributed by atoms with Gasteiger partial charge in [0.25, 0.3) is 0 Å². The largest absolute Gasteiger partial charge is 0.433 e. The molecule has 0 amide bonds. The first-order chi connectivity index (χ1) is 1.73. The smallest absolute Gasteiger partial charge is 0.372 e. The second-order valence-electron chi connectivity index (χ2n) is 0.201. The molecule has 1 N–H and O–H groups in total. The van der Waals surface area contributed by atoms with Crippen molar-refractivity contribution in [3.8, 4) is 0 Å². The molecule has 0 saturated carbocycles. The SMILES string of the molecule is [Er].[O-][Br+2]([O-])O. The van der Waals surface area contributed by atoms with Crippen LogP contribution in [-0.2, 0) is 0 Å². The molecule has 5 heavy (non-hydrogen) atoms. The monoisotopic (exact) mass is 294 g/mol. The molecule has 3 nitrogen and oxygen atoms in total. The Kier molecular flexibility index (Phi) is 11.0. The molecule has 0 radical (unpaired) electrons. The second-order valence-corrected chi connectivity index (χ2v) is 1.04. The fraction of sp³-hybridized carbons (Fsp3) is 0. The van der Waals surface area contributed by atoms with E-state index in [1.54, 1.807) is 0 Å². The van der Waals surface area contributed by atoms with E-state index in [1.807, 2.05) is 0 Å². The van der Waals surface area contributed by atoms with Gasteiger partial charge in [0.05, 0.1) is 0 Å². The van der Waals surface area contributed by atoms with E-state index in [-0.39, 0.29) is 37.3 Å². The van der Waals surface area contributed by atoms with Crippen molar-refractivity contribution in [2.75, 3.05) is 0 Å². The summed E-state index contributed by atoms with van der Waals surface area (Å²) in [6.07, 6.45) is 0. The van der Waals surface area contributed by atoms with Gasteiger partial charge in [-0.2, -0.15) is 0 Å². The van der Waals surface area contributed by atoms with Gasteiger partial charge < -0.3 is 8.40 Å². The third-order valence-corrected chi connectivity index (χ3v) is 0. The number of hydrogen-bond donors (Lipinski definition) is 1. The van der Waals surface area contributed by atoms with E-state index in [9.17, 15) is 0 Å². The summed E-state index contributed by atoms with van der Waals surface area (Å²) < 4.78 is 24.3. The maximum Gasteiger partial charge on any atom is 0.433 e. The molecular formula is HBrErO3. The third kappa shape index (κ3) is 28.3. The summed E-state index contributed by atoms with van der Waals surface area (Å²) in [7, 11) is 0. The van der Waals surface area contributed by atoms with E-state index >= 15 is 0 Å². The van der Waals surface area contributed by atoms with Crippen LogP contribution in [-0.4, -0.2) is 4.20 Å². The summed E-state index contributed by atoms with van der Waals surface area (Å²) in [6, 6.07) is 0. The Morgan fingerprint density at radius 1 is 1.40 bits per heavy atom. The van der Waals surface area contributed by atoms with Crippen LogP contribution in [0.15, 0.2) is 0 Å². The van der Waals surface area contributed by atoms with Gasteiger partial charge in [-0.3, -0.25) is 0 Å². The van der Waals surface area contributed by atoms with Gasteiger partial charge in [0.15, 0.2) is 0 Å². The molecule has 0 unspecified atom stereocenters. The number of hydrogen-bond acceptors (Lipinski definition) is 3. The van der Waals surface area contributed by atoms with Crippen LogP contribution >= 0.6 is 0 Å². The molecule has 0 heterocycles. The Labute approximate surface area is 64.0 Å². The molecule has 38 valence electrons. The van der Waals surface area contributed by atoms with Crippen molar-refractivity contribution in [2.24, 2.45) is 0 Å². The van der Waals surface area contributed by atoms with Crippen molar-refractivity contribution < 1.29 is 64.7 Å². The van der Waals surface area contributed by atoms with Crippen LogP contribution in [0.5, 0.6) is 0 Å². The van der Waals surface area contributed by atoms with Crippen LogP contribution in [0.1, 0.15) is 0 Å². The Hall–Kier alpha value is 1.61. The topological polar surface area (TPSA) is 66.3 Å². The molecule has 0 bridgehead atoms. The fourth-order valence-corrected chi connectivity index (χ4v) is 0. The summed E-state index contributed by atoms with van der Waals surface area (Å²) in [5.41, 5.74) is 0. The molecule has 0 aromatic carbocycles. The first-order valence-corrected chi connectivity index (χ1v) is 2.48. The molecule has 0 aromatic heterocycles. The average Bonchev–Trinajstić information content (AvgIpc) is 0.811. The van der Waals surface area contributed by atoms with Gasteiger partial charge in [0, 0.05) is 37.3 Å². The molecule has 0 aliphatic heterocycles. The minimum atomic E-state index is -3.40. The van der Waals surface area contributed by atoms with Crippen LogP contribution in [0.25, 0.3) is 0 Å². The minimum absolute atomic E-state index is 0. The third-order valence-electron chi connectivity index (χ3n) is 0. The van der Waals surface area contributed by atoms with Gasteiger partial charge >= 0.3 is 14.8 Å². The van der Waals surface area contributed by atoms with Gasteiger partial charge in [-0.1, -0.05) is 0 Å². The first-order valence-electron chi connectivity index (χ1n) is 0.478. The molecule has 0 aliphatic carbocycles. The van der Waals surface area contributed by atoms with Crippen molar-refractivity contribution in [1.82, 2.24) is 0 Å². The molecule has 5 heteroatoms. The molecule has 0 aromatic rings. The van der Waals surface area contributed by atoms with Gasteiger partial charge in [0.1, 0.15) is 0 Å². The number of halogens is 1. The predicted molar refractivity (Wildman–Crippen MR) is 2.22 cm³/mol. The summed E-state index contributed by atoms with van der Waals surface area (Å²) >= 11 is -3.40. The standard InChI is InChI=1S/BrHO3.Er/c2-1(3)4;/h2H;. The van der Waals surface area contributed by atoms with E-state index in [4.69, 9.17) is 12.6 Å². The minimum Gasteiger partial charge on any atom is -0.372 e. The van der Waals surface area contributed by atoms with Crippen molar-refractivity contribution in [2.45, 2.75) is 0 Å². The van der Waals surface area contributed by atoms with Crippen molar-refractivity contribution >= 4 is 0 Å². The molecule has 0 saturated heterocycles. The molecule has 0 spiro atoms. The van der Waals surface area contributed by atoms with E-state index in [0.717, 1.165) is 0 Å². The Bertz CT molecular complexity index is 11.6. The van der Waals surface area contributed by atoms with Gasteiger partial charge in [0.2, 0.25) is 0 Å². The summed E-state index contributed by atoms with van der Waals surface area (Å²) in [5.74, 6) is 0. The first kappa shape index (κ1) is 9.79. The van der Waals surface area contributed by atoms with Crippen molar-refractivity contribution in [3.63, 3.8) is 0 Å². The fourth-order valence-electron chi connectivity index (χ4n) is 0. The maximum absolute atomic E-state index is 8.63. The maximum atomic E-state index is 8.63. The quantitative estimate of drug-likeness (QED) is 0.520. The molecule has 0 fully saturated rings. The van der Waals surface area contributed by atoms with Crippen LogP contribution < -0.4 is 8.40 Å². The Morgan fingerprint density at radius 2 is 1.40 bits per heavy atom. The van der Waals surface area contributed by atoms with E-state index in [0.29, 0.717) is 0 Å². The van der Waals surface area contributed by atoms with Crippen LogP contribution in [0, 0.1) is 52.1 Å². The zero-order valence-electron chi connectivity index (χ0n) is 1.93.